The summed E-state index contributed by atoms with van der Waals surface area (Å²) in [5, 5.41) is 9.36. The van der Waals surface area contributed by atoms with Crippen LogP contribution in [-0.4, -0.2) is 26.9 Å². The molecule has 1 aliphatic heterocycles. The van der Waals surface area contributed by atoms with Gasteiger partial charge in [-0.1, -0.05) is 36.4 Å². The van der Waals surface area contributed by atoms with Crippen molar-refractivity contribution in [2.24, 2.45) is 0 Å². The van der Waals surface area contributed by atoms with Crippen LogP contribution in [0, 0.1) is 0 Å². The minimum atomic E-state index is -0.0718. The Kier molecular flexibility index (Phi) is 3.95. The molecule has 5 heteroatoms. The minimum Gasteiger partial charge on any atom is -0.392 e. The van der Waals surface area contributed by atoms with Crippen LogP contribution in [0.3, 0.4) is 0 Å². The van der Waals surface area contributed by atoms with E-state index >= 15 is 0 Å². The lowest BCUT2D eigenvalue weighted by molar-refractivity contribution is 0.0985. The van der Waals surface area contributed by atoms with Crippen LogP contribution in [0.4, 0.5) is 5.69 Å². The molecule has 28 heavy (non-hydrogen) atoms. The third kappa shape index (κ3) is 2.77. The number of pyridine rings is 1. The SMILES string of the molecule is O=C(c1cn2cc(-c3cccc(CO)c3)ccc2n1)N1CCc2ccccc21. The van der Waals surface area contributed by atoms with Gasteiger partial charge in [0.05, 0.1) is 6.61 Å². The van der Waals surface area contributed by atoms with Gasteiger partial charge in [0, 0.05) is 24.6 Å². The molecule has 1 amide bonds. The summed E-state index contributed by atoms with van der Waals surface area (Å²) in [7, 11) is 0. The number of imidazole rings is 1. The second-order valence-corrected chi connectivity index (χ2v) is 7.00. The molecule has 0 bridgehead atoms. The normalized spacial score (nSPS) is 13.1. The Balaban J connectivity index is 1.49. The molecule has 3 heterocycles. The first-order chi connectivity index (χ1) is 13.7. The number of rotatable bonds is 3. The van der Waals surface area contributed by atoms with E-state index in [-0.39, 0.29) is 12.5 Å². The summed E-state index contributed by atoms with van der Waals surface area (Å²) in [4.78, 5) is 19.4. The highest BCUT2D eigenvalue weighted by molar-refractivity contribution is 6.06. The van der Waals surface area contributed by atoms with Crippen molar-refractivity contribution in [2.75, 3.05) is 11.4 Å². The zero-order valence-corrected chi connectivity index (χ0v) is 15.2. The molecule has 2 aromatic heterocycles. The van der Waals surface area contributed by atoms with E-state index in [0.717, 1.165) is 34.4 Å². The molecule has 5 rings (SSSR count). The lowest BCUT2D eigenvalue weighted by Gasteiger charge is -2.15. The van der Waals surface area contributed by atoms with Gasteiger partial charge in [0.15, 0.2) is 0 Å². The van der Waals surface area contributed by atoms with E-state index in [2.05, 4.69) is 11.1 Å². The van der Waals surface area contributed by atoms with Gasteiger partial charge in [-0.15, -0.1) is 0 Å². The summed E-state index contributed by atoms with van der Waals surface area (Å²) in [6, 6.07) is 19.7. The largest absolute Gasteiger partial charge is 0.392 e. The van der Waals surface area contributed by atoms with Crippen molar-refractivity contribution in [2.45, 2.75) is 13.0 Å². The minimum absolute atomic E-state index is 0.0110. The number of hydrogen-bond acceptors (Lipinski definition) is 3. The fourth-order valence-electron chi connectivity index (χ4n) is 3.80. The first kappa shape index (κ1) is 16.7. The molecule has 0 radical (unpaired) electrons. The Labute approximate surface area is 162 Å². The fourth-order valence-corrected chi connectivity index (χ4v) is 3.80. The van der Waals surface area contributed by atoms with E-state index in [1.165, 1.54) is 5.56 Å². The van der Waals surface area contributed by atoms with Gasteiger partial charge in [0.25, 0.3) is 5.91 Å². The average Bonchev–Trinajstić information content (AvgIpc) is 3.37. The smallest absolute Gasteiger partial charge is 0.278 e. The maximum atomic E-state index is 13.0. The standard InChI is InChI=1S/C23H19N3O2/c27-15-16-4-3-6-18(12-16)19-8-9-22-24-20(14-25(22)13-19)23(28)26-11-10-17-5-1-2-7-21(17)26/h1-9,12-14,27H,10-11,15H2. The van der Waals surface area contributed by atoms with Crippen molar-refractivity contribution in [3.63, 3.8) is 0 Å². The van der Waals surface area contributed by atoms with Gasteiger partial charge >= 0.3 is 0 Å². The van der Waals surface area contributed by atoms with Crippen LogP contribution in [0.1, 0.15) is 21.6 Å². The maximum absolute atomic E-state index is 13.0. The molecule has 0 aliphatic carbocycles. The van der Waals surface area contributed by atoms with E-state index in [1.807, 2.05) is 70.1 Å². The van der Waals surface area contributed by atoms with E-state index in [0.29, 0.717) is 12.2 Å². The lowest BCUT2D eigenvalue weighted by Crippen LogP contribution is -2.29. The highest BCUT2D eigenvalue weighted by Crippen LogP contribution is 2.29. The van der Waals surface area contributed by atoms with Crippen molar-refractivity contribution in [3.05, 3.63) is 89.9 Å². The van der Waals surface area contributed by atoms with Crippen LogP contribution in [0.25, 0.3) is 16.8 Å². The number of anilines is 1. The average molecular weight is 369 g/mol. The fraction of sp³-hybridized carbons (Fsp3) is 0.130. The monoisotopic (exact) mass is 369 g/mol. The first-order valence-corrected chi connectivity index (χ1v) is 9.31. The van der Waals surface area contributed by atoms with Crippen molar-refractivity contribution >= 4 is 17.2 Å². The molecule has 0 atom stereocenters. The quantitative estimate of drug-likeness (QED) is 0.599. The van der Waals surface area contributed by atoms with Gasteiger partial charge in [-0.2, -0.15) is 0 Å². The van der Waals surface area contributed by atoms with E-state index in [9.17, 15) is 9.90 Å². The summed E-state index contributed by atoms with van der Waals surface area (Å²) in [5.74, 6) is -0.0718. The molecule has 2 aromatic carbocycles. The molecule has 5 nitrogen and oxygen atoms in total. The summed E-state index contributed by atoms with van der Waals surface area (Å²) in [6.07, 6.45) is 4.63. The third-order valence-electron chi connectivity index (χ3n) is 5.25. The molecular formula is C23H19N3O2. The zero-order valence-electron chi connectivity index (χ0n) is 15.2. The van der Waals surface area contributed by atoms with Gasteiger partial charge in [-0.25, -0.2) is 4.98 Å². The molecule has 0 saturated heterocycles. The Hall–Kier alpha value is -3.44. The molecular weight excluding hydrogens is 350 g/mol. The van der Waals surface area contributed by atoms with Gasteiger partial charge in [0.2, 0.25) is 0 Å². The number of fused-ring (bicyclic) bond motifs is 2. The maximum Gasteiger partial charge on any atom is 0.278 e. The van der Waals surface area contributed by atoms with E-state index in [1.54, 1.807) is 6.20 Å². The van der Waals surface area contributed by atoms with Crippen LogP contribution in [0.2, 0.25) is 0 Å². The Bertz CT molecular complexity index is 1200. The molecule has 0 fully saturated rings. The topological polar surface area (TPSA) is 57.8 Å². The molecule has 0 unspecified atom stereocenters. The highest BCUT2D eigenvalue weighted by Gasteiger charge is 2.26. The Morgan fingerprint density at radius 3 is 2.79 bits per heavy atom. The zero-order chi connectivity index (χ0) is 19.1. The number of amides is 1. The molecule has 1 aliphatic rings. The number of hydrogen-bond donors (Lipinski definition) is 1. The van der Waals surface area contributed by atoms with Crippen LogP contribution < -0.4 is 4.90 Å². The number of benzene rings is 2. The number of carbonyl (C=O) groups is 1. The Morgan fingerprint density at radius 1 is 1.00 bits per heavy atom. The van der Waals surface area contributed by atoms with Crippen LogP contribution in [-0.2, 0) is 13.0 Å². The van der Waals surface area contributed by atoms with Crippen molar-refractivity contribution in [1.29, 1.82) is 0 Å². The van der Waals surface area contributed by atoms with Crippen molar-refractivity contribution < 1.29 is 9.90 Å². The predicted octanol–water partition coefficient (Wildman–Crippen LogP) is 3.70. The van der Waals surface area contributed by atoms with Crippen molar-refractivity contribution in [1.82, 2.24) is 9.38 Å². The van der Waals surface area contributed by atoms with E-state index in [4.69, 9.17) is 0 Å². The van der Waals surface area contributed by atoms with Crippen LogP contribution in [0.15, 0.2) is 73.1 Å². The molecule has 4 aromatic rings. The number of carbonyl (C=O) groups excluding carboxylic acids is 1. The summed E-state index contributed by atoms with van der Waals surface area (Å²) < 4.78 is 1.89. The van der Waals surface area contributed by atoms with Gasteiger partial charge in [0.1, 0.15) is 11.3 Å². The number of para-hydroxylation sites is 1. The molecule has 138 valence electrons. The second-order valence-electron chi connectivity index (χ2n) is 7.00. The van der Waals surface area contributed by atoms with Gasteiger partial charge in [-0.3, -0.25) is 4.79 Å². The molecule has 0 saturated carbocycles. The number of aromatic nitrogens is 2. The highest BCUT2D eigenvalue weighted by atomic mass is 16.3. The first-order valence-electron chi connectivity index (χ1n) is 9.31. The Morgan fingerprint density at radius 2 is 1.89 bits per heavy atom. The third-order valence-corrected chi connectivity index (χ3v) is 5.25. The predicted molar refractivity (Wildman–Crippen MR) is 108 cm³/mol. The number of aliphatic hydroxyl groups is 1. The summed E-state index contributed by atoms with van der Waals surface area (Å²) in [5.41, 5.74) is 6.24. The summed E-state index contributed by atoms with van der Waals surface area (Å²) in [6.45, 7) is 0.697. The van der Waals surface area contributed by atoms with Crippen LogP contribution in [0.5, 0.6) is 0 Å². The second kappa shape index (κ2) is 6.62. The number of nitrogens with zero attached hydrogens (tertiary/aromatic N) is 3. The van der Waals surface area contributed by atoms with Gasteiger partial charge < -0.3 is 14.4 Å². The number of aliphatic hydroxyl groups excluding tert-OH is 1. The lowest BCUT2D eigenvalue weighted by atomic mass is 10.1. The van der Waals surface area contributed by atoms with Gasteiger partial charge in [-0.05, 0) is 52.9 Å². The molecule has 0 spiro atoms. The van der Waals surface area contributed by atoms with Crippen LogP contribution >= 0.6 is 0 Å². The summed E-state index contributed by atoms with van der Waals surface area (Å²) >= 11 is 0. The molecule has 1 N–H and O–H groups in total. The van der Waals surface area contributed by atoms with Crippen molar-refractivity contribution in [3.8, 4) is 11.1 Å². The van der Waals surface area contributed by atoms with E-state index < -0.39 is 0 Å².